The van der Waals surface area contributed by atoms with Gasteiger partial charge in [-0.1, -0.05) is 34.6 Å². The molecule has 1 atom stereocenters. The third-order valence-corrected chi connectivity index (χ3v) is 3.42. The molecule has 0 amide bonds. The Balaban J connectivity index is 0. The molecule has 0 bridgehead atoms. The molecule has 0 aliphatic carbocycles. The normalized spacial score (nSPS) is 11.8. The van der Waals surface area contributed by atoms with E-state index in [2.05, 4.69) is 4.99 Å². The van der Waals surface area contributed by atoms with Crippen molar-refractivity contribution in [3.05, 3.63) is 23.3 Å². The van der Waals surface area contributed by atoms with Crippen molar-refractivity contribution in [2.45, 2.75) is 46.1 Å². The number of carboxylic acid groups (broad SMARTS) is 1. The molecule has 1 aromatic rings. The number of phenols is 1. The Kier molecular flexibility index (Phi) is 12.9. The van der Waals surface area contributed by atoms with Gasteiger partial charge in [0.15, 0.2) is 0 Å². The van der Waals surface area contributed by atoms with E-state index in [9.17, 15) is 15.0 Å². The van der Waals surface area contributed by atoms with Crippen LogP contribution in [0, 0.1) is 5.92 Å². The van der Waals surface area contributed by atoms with Gasteiger partial charge in [-0.3, -0.25) is 4.99 Å². The summed E-state index contributed by atoms with van der Waals surface area (Å²) in [6, 6.07) is 2.58. The molecule has 0 radical (unpaired) electrons. The Morgan fingerprint density at radius 1 is 1.23 bits per heavy atom. The fraction of sp³-hybridized carbons (Fsp3) is 0.556. The standard InChI is InChI=1S/C17H25NO4.CH4O.O.V/c1-10(2)14(16(20)21)18-9-11-7-12(22-6)8-13(15(11)19)17(3,4)5;1-2;;/h7-10,14,19H,1-6H3,(H,20,21);2H,1H3;;/t14-;;;/m0.../s1. The molecule has 0 aliphatic heterocycles. The van der Waals surface area contributed by atoms with Crippen LogP contribution in [0.1, 0.15) is 45.7 Å². The SMILES string of the molecule is CO.COc1cc(C=N[C@H](C(=O)O)C(C)C)c(O)c(C(C)(C)C)c1.[O]=[V]. The molecule has 0 aromatic heterocycles. The van der Waals surface area contributed by atoms with Crippen LogP contribution >= 0.6 is 0 Å². The summed E-state index contributed by atoms with van der Waals surface area (Å²) in [6.07, 6.45) is 1.41. The zero-order valence-electron chi connectivity index (χ0n) is 16.3. The summed E-state index contributed by atoms with van der Waals surface area (Å²) >= 11 is 1.06. The van der Waals surface area contributed by atoms with Crippen LogP contribution in [0.3, 0.4) is 0 Å². The molecule has 1 aromatic carbocycles. The van der Waals surface area contributed by atoms with Gasteiger partial charge in [0.2, 0.25) is 0 Å². The van der Waals surface area contributed by atoms with Gasteiger partial charge in [-0.2, -0.15) is 0 Å². The molecule has 0 unspecified atom stereocenters. The quantitative estimate of drug-likeness (QED) is 0.648. The number of hydrogen-bond donors (Lipinski definition) is 3. The second-order valence-corrected chi connectivity index (χ2v) is 6.67. The van der Waals surface area contributed by atoms with Crippen LogP contribution in [-0.4, -0.2) is 47.8 Å². The molecule has 0 aliphatic rings. The minimum atomic E-state index is -0.982. The minimum absolute atomic E-state index is 0.102. The van der Waals surface area contributed by atoms with Gasteiger partial charge in [-0.05, 0) is 23.5 Å². The van der Waals surface area contributed by atoms with Gasteiger partial charge in [0.25, 0.3) is 0 Å². The fourth-order valence-electron chi connectivity index (χ4n) is 2.10. The van der Waals surface area contributed by atoms with Gasteiger partial charge in [-0.15, -0.1) is 0 Å². The first-order valence-electron chi connectivity index (χ1n) is 7.88. The van der Waals surface area contributed by atoms with Crippen LogP contribution in [0.15, 0.2) is 17.1 Å². The number of aliphatic hydroxyl groups excluding tert-OH is 1. The number of carbonyl (C=O) groups is 1. The number of rotatable bonds is 5. The van der Waals surface area contributed by atoms with Gasteiger partial charge < -0.3 is 20.1 Å². The van der Waals surface area contributed by atoms with Gasteiger partial charge in [-0.25, -0.2) is 4.79 Å². The maximum absolute atomic E-state index is 11.2. The summed E-state index contributed by atoms with van der Waals surface area (Å²) < 4.78 is 13.4. The third-order valence-electron chi connectivity index (χ3n) is 3.42. The Labute approximate surface area is 164 Å². The summed E-state index contributed by atoms with van der Waals surface area (Å²) in [6.45, 7) is 9.54. The first-order chi connectivity index (χ1) is 12.1. The number of aliphatic hydroxyl groups is 1. The zero-order valence-corrected chi connectivity index (χ0v) is 17.7. The number of phenolic OH excluding ortho intramolecular Hbond substituents is 1. The molecule has 1 rings (SSSR count). The van der Waals surface area contributed by atoms with Crippen LogP contribution < -0.4 is 4.74 Å². The van der Waals surface area contributed by atoms with E-state index < -0.39 is 12.0 Å². The van der Waals surface area contributed by atoms with Crippen molar-refractivity contribution in [2.24, 2.45) is 10.9 Å². The van der Waals surface area contributed by atoms with Gasteiger partial charge >= 0.3 is 27.0 Å². The summed E-state index contributed by atoms with van der Waals surface area (Å²) in [5.74, 6) is -0.418. The van der Waals surface area contributed by atoms with E-state index in [-0.39, 0.29) is 17.1 Å². The van der Waals surface area contributed by atoms with Crippen molar-refractivity contribution in [1.29, 1.82) is 0 Å². The number of aromatic hydroxyl groups is 1. The van der Waals surface area contributed by atoms with Crippen LogP contribution in [0.2, 0.25) is 0 Å². The van der Waals surface area contributed by atoms with Crippen LogP contribution in [0.4, 0.5) is 0 Å². The number of aliphatic imine (C=N–C) groups is 1. The molecular weight excluding hydrogens is 377 g/mol. The second-order valence-electron chi connectivity index (χ2n) is 6.67. The Morgan fingerprint density at radius 3 is 2.08 bits per heavy atom. The average molecular weight is 406 g/mol. The van der Waals surface area contributed by atoms with E-state index in [0.717, 1.165) is 30.0 Å². The molecule has 26 heavy (non-hydrogen) atoms. The van der Waals surface area contributed by atoms with E-state index in [0.29, 0.717) is 11.3 Å². The predicted octanol–water partition coefficient (Wildman–Crippen LogP) is 2.71. The molecule has 0 saturated carbocycles. The molecule has 0 heterocycles. The molecular formula is C18H29NO6V. The zero-order chi connectivity index (χ0) is 21.1. The second kappa shape index (κ2) is 12.6. The van der Waals surface area contributed by atoms with Crippen molar-refractivity contribution < 1.29 is 45.9 Å². The number of carboxylic acids is 1. The molecule has 3 N–H and O–H groups in total. The molecule has 0 fully saturated rings. The van der Waals surface area contributed by atoms with E-state index in [1.54, 1.807) is 33.1 Å². The van der Waals surface area contributed by atoms with Crippen LogP contribution in [0.5, 0.6) is 11.5 Å². The van der Waals surface area contributed by atoms with Gasteiger partial charge in [0.1, 0.15) is 17.5 Å². The topological polar surface area (TPSA) is 116 Å². The van der Waals surface area contributed by atoms with E-state index in [4.69, 9.17) is 13.5 Å². The molecule has 0 saturated heterocycles. The third kappa shape index (κ3) is 8.12. The fourth-order valence-corrected chi connectivity index (χ4v) is 2.10. The number of hydrogen-bond acceptors (Lipinski definition) is 6. The Morgan fingerprint density at radius 2 is 1.73 bits per heavy atom. The predicted molar refractivity (Wildman–Crippen MR) is 96.0 cm³/mol. The van der Waals surface area contributed by atoms with Crippen LogP contribution in [0.25, 0.3) is 0 Å². The first kappa shape index (κ1) is 26.5. The summed E-state index contributed by atoms with van der Waals surface area (Å²) in [7, 11) is 2.55. The van der Waals surface area contributed by atoms with Crippen molar-refractivity contribution in [3.8, 4) is 11.5 Å². The number of nitrogens with zero attached hydrogens (tertiary/aromatic N) is 1. The van der Waals surface area contributed by atoms with Crippen molar-refractivity contribution >= 4 is 12.2 Å². The van der Waals surface area contributed by atoms with Crippen molar-refractivity contribution in [2.75, 3.05) is 14.2 Å². The molecule has 147 valence electrons. The first-order valence-corrected chi connectivity index (χ1v) is 8.45. The van der Waals surface area contributed by atoms with Crippen molar-refractivity contribution in [1.82, 2.24) is 0 Å². The van der Waals surface area contributed by atoms with E-state index >= 15 is 0 Å². The Bertz CT molecular complexity index is 596. The Hall–Kier alpha value is -1.70. The number of benzene rings is 1. The summed E-state index contributed by atoms with van der Waals surface area (Å²) in [4.78, 5) is 15.3. The number of methoxy groups -OCH3 is 1. The molecule has 7 nitrogen and oxygen atoms in total. The molecule has 8 heteroatoms. The van der Waals surface area contributed by atoms with Crippen LogP contribution in [-0.2, 0) is 31.3 Å². The van der Waals surface area contributed by atoms with Gasteiger partial charge in [0.05, 0.1) is 7.11 Å². The number of ether oxygens (including phenoxy) is 1. The monoisotopic (exact) mass is 406 g/mol. The van der Waals surface area contributed by atoms with E-state index in [1.165, 1.54) is 6.21 Å². The summed E-state index contributed by atoms with van der Waals surface area (Å²) in [5, 5.41) is 26.6. The van der Waals surface area contributed by atoms with Gasteiger partial charge in [0, 0.05) is 24.5 Å². The van der Waals surface area contributed by atoms with E-state index in [1.807, 2.05) is 20.8 Å². The average Bonchev–Trinajstić information content (AvgIpc) is 2.58. The van der Waals surface area contributed by atoms with Crippen molar-refractivity contribution in [3.63, 3.8) is 0 Å². The molecule has 0 spiro atoms. The summed E-state index contributed by atoms with van der Waals surface area (Å²) in [5.41, 5.74) is 0.909. The maximum atomic E-state index is 11.2. The number of aliphatic carboxylic acids is 1.